The SMILES string of the molecule is COc1ccc(CCNC(=O)[C@H]2C[C@@H]3CC[C@]2(C)C[C@]32NC(=O)c3ccccc3N2)cc1. The molecular formula is C26H31N3O3. The second kappa shape index (κ2) is 7.84. The Balaban J connectivity index is 1.25. The highest BCUT2D eigenvalue weighted by atomic mass is 16.5. The van der Waals surface area contributed by atoms with Crippen LogP contribution in [0.1, 0.15) is 48.5 Å². The first kappa shape index (κ1) is 20.9. The molecule has 6 nitrogen and oxygen atoms in total. The molecule has 3 aliphatic carbocycles. The fourth-order valence-electron chi connectivity index (χ4n) is 6.10. The molecule has 3 saturated carbocycles. The van der Waals surface area contributed by atoms with Crippen molar-refractivity contribution in [2.24, 2.45) is 17.3 Å². The molecule has 6 rings (SSSR count). The predicted molar refractivity (Wildman–Crippen MR) is 124 cm³/mol. The van der Waals surface area contributed by atoms with E-state index in [0.29, 0.717) is 12.1 Å². The van der Waals surface area contributed by atoms with Crippen LogP contribution in [0.25, 0.3) is 0 Å². The molecule has 0 saturated heterocycles. The quantitative estimate of drug-likeness (QED) is 0.671. The van der Waals surface area contributed by atoms with Gasteiger partial charge >= 0.3 is 0 Å². The number of carbonyl (C=O) groups is 2. The van der Waals surface area contributed by atoms with Gasteiger partial charge in [0.15, 0.2) is 0 Å². The molecule has 1 heterocycles. The maximum atomic E-state index is 13.2. The number of anilines is 1. The third kappa shape index (κ3) is 3.51. The summed E-state index contributed by atoms with van der Waals surface area (Å²) in [6.07, 6.45) is 4.37. The second-order valence-corrected chi connectivity index (χ2v) is 9.84. The number of fused-ring (bicyclic) bond motifs is 3. The molecule has 4 aliphatic rings. The molecule has 4 atom stereocenters. The Morgan fingerprint density at radius 1 is 1.16 bits per heavy atom. The Labute approximate surface area is 189 Å². The fraction of sp³-hybridized carbons (Fsp3) is 0.462. The number of ether oxygens (including phenoxy) is 1. The Morgan fingerprint density at radius 2 is 1.94 bits per heavy atom. The van der Waals surface area contributed by atoms with Crippen LogP contribution in [-0.4, -0.2) is 31.1 Å². The molecule has 2 amide bonds. The first-order valence-electron chi connectivity index (χ1n) is 11.5. The van der Waals surface area contributed by atoms with Gasteiger partial charge in [0.25, 0.3) is 5.91 Å². The topological polar surface area (TPSA) is 79.5 Å². The van der Waals surface area contributed by atoms with Gasteiger partial charge < -0.3 is 20.7 Å². The van der Waals surface area contributed by atoms with E-state index in [2.05, 4.69) is 22.9 Å². The lowest BCUT2D eigenvalue weighted by Gasteiger charge is -2.60. The summed E-state index contributed by atoms with van der Waals surface area (Å²) in [5.74, 6) is 1.17. The smallest absolute Gasteiger partial charge is 0.255 e. The van der Waals surface area contributed by atoms with Gasteiger partial charge in [-0.15, -0.1) is 0 Å². The summed E-state index contributed by atoms with van der Waals surface area (Å²) >= 11 is 0. The van der Waals surface area contributed by atoms with Crippen LogP contribution in [0.3, 0.4) is 0 Å². The van der Waals surface area contributed by atoms with Gasteiger partial charge in [-0.3, -0.25) is 9.59 Å². The predicted octanol–water partition coefficient (Wildman–Crippen LogP) is 3.73. The molecule has 168 valence electrons. The van der Waals surface area contributed by atoms with Gasteiger partial charge in [-0.25, -0.2) is 0 Å². The number of amides is 2. The largest absolute Gasteiger partial charge is 0.497 e. The highest BCUT2D eigenvalue weighted by Gasteiger charge is 2.60. The first-order valence-corrected chi connectivity index (χ1v) is 11.5. The summed E-state index contributed by atoms with van der Waals surface area (Å²) in [4.78, 5) is 26.0. The molecule has 1 spiro atoms. The average Bonchev–Trinajstić information content (AvgIpc) is 2.79. The Kier molecular flexibility index (Phi) is 5.11. The number of benzene rings is 2. The van der Waals surface area contributed by atoms with Crippen molar-refractivity contribution in [3.63, 3.8) is 0 Å². The van der Waals surface area contributed by atoms with Crippen molar-refractivity contribution in [2.75, 3.05) is 19.0 Å². The lowest BCUT2D eigenvalue weighted by molar-refractivity contribution is -0.139. The lowest BCUT2D eigenvalue weighted by atomic mass is 9.51. The molecule has 3 N–H and O–H groups in total. The van der Waals surface area contributed by atoms with Crippen LogP contribution >= 0.6 is 0 Å². The highest BCUT2D eigenvalue weighted by Crippen LogP contribution is 2.58. The van der Waals surface area contributed by atoms with Gasteiger partial charge in [-0.2, -0.15) is 0 Å². The van der Waals surface area contributed by atoms with E-state index in [-0.39, 0.29) is 29.1 Å². The lowest BCUT2D eigenvalue weighted by Crippen LogP contribution is -2.70. The monoisotopic (exact) mass is 433 g/mol. The van der Waals surface area contributed by atoms with Gasteiger partial charge in [0.1, 0.15) is 11.4 Å². The van der Waals surface area contributed by atoms with E-state index < -0.39 is 5.66 Å². The summed E-state index contributed by atoms with van der Waals surface area (Å²) in [5.41, 5.74) is 2.16. The Bertz CT molecular complexity index is 1040. The van der Waals surface area contributed by atoms with Gasteiger partial charge in [-0.05, 0) is 67.3 Å². The van der Waals surface area contributed by atoms with E-state index in [1.807, 2.05) is 48.5 Å². The maximum Gasteiger partial charge on any atom is 0.255 e. The van der Waals surface area contributed by atoms with Crippen molar-refractivity contribution < 1.29 is 14.3 Å². The summed E-state index contributed by atoms with van der Waals surface area (Å²) in [6.45, 7) is 2.84. The van der Waals surface area contributed by atoms with Crippen LogP contribution in [0, 0.1) is 17.3 Å². The van der Waals surface area contributed by atoms with Gasteiger partial charge in [-0.1, -0.05) is 31.2 Å². The third-order valence-electron chi connectivity index (χ3n) is 7.86. The number of hydrogen-bond acceptors (Lipinski definition) is 4. The minimum Gasteiger partial charge on any atom is -0.497 e. The Morgan fingerprint density at radius 3 is 2.69 bits per heavy atom. The van der Waals surface area contributed by atoms with Crippen molar-refractivity contribution in [2.45, 2.75) is 44.7 Å². The number of hydrogen-bond donors (Lipinski definition) is 3. The summed E-state index contributed by atoms with van der Waals surface area (Å²) in [5, 5.41) is 10.1. The van der Waals surface area contributed by atoms with Gasteiger partial charge in [0.05, 0.1) is 12.7 Å². The zero-order chi connectivity index (χ0) is 22.3. The fourth-order valence-corrected chi connectivity index (χ4v) is 6.10. The van der Waals surface area contributed by atoms with Crippen LogP contribution in [-0.2, 0) is 11.2 Å². The van der Waals surface area contributed by atoms with Crippen molar-refractivity contribution in [3.8, 4) is 5.75 Å². The van der Waals surface area contributed by atoms with Crippen LogP contribution < -0.4 is 20.7 Å². The second-order valence-electron chi connectivity index (χ2n) is 9.84. The first-order chi connectivity index (χ1) is 15.4. The van der Waals surface area contributed by atoms with Crippen molar-refractivity contribution in [1.29, 1.82) is 0 Å². The number of nitrogens with one attached hydrogen (secondary N) is 3. The molecule has 6 heteroatoms. The molecule has 2 aromatic carbocycles. The van der Waals surface area contributed by atoms with Gasteiger partial charge in [0, 0.05) is 24.1 Å². The molecule has 0 unspecified atom stereocenters. The van der Waals surface area contributed by atoms with E-state index in [1.165, 1.54) is 5.56 Å². The van der Waals surface area contributed by atoms with E-state index in [1.54, 1.807) is 7.11 Å². The molecule has 32 heavy (non-hydrogen) atoms. The molecule has 0 radical (unpaired) electrons. The van der Waals surface area contributed by atoms with E-state index in [9.17, 15) is 9.59 Å². The summed E-state index contributed by atoms with van der Waals surface area (Å²) in [7, 11) is 1.66. The van der Waals surface area contributed by atoms with Crippen molar-refractivity contribution >= 4 is 17.5 Å². The minimum atomic E-state index is -0.460. The normalized spacial score (nSPS) is 30.2. The van der Waals surface area contributed by atoms with Crippen LogP contribution in [0.2, 0.25) is 0 Å². The molecule has 3 fully saturated rings. The zero-order valence-electron chi connectivity index (χ0n) is 18.7. The van der Waals surface area contributed by atoms with Gasteiger partial charge in [0.2, 0.25) is 5.91 Å². The van der Waals surface area contributed by atoms with E-state index in [4.69, 9.17) is 4.74 Å². The minimum absolute atomic E-state index is 0.0176. The zero-order valence-corrected chi connectivity index (χ0v) is 18.7. The summed E-state index contributed by atoms with van der Waals surface area (Å²) in [6, 6.07) is 15.6. The molecule has 1 aliphatic heterocycles. The van der Waals surface area contributed by atoms with Crippen LogP contribution in [0.4, 0.5) is 5.69 Å². The van der Waals surface area contributed by atoms with Crippen LogP contribution in [0.5, 0.6) is 5.75 Å². The standard InChI is InChI=1S/C26H31N3O3/c1-25-13-11-18(26(16-25)28-22-6-4-3-5-20(22)23(30)29-26)15-21(25)24(31)27-14-12-17-7-9-19(32-2)10-8-17/h3-10,18,21,28H,11-16H2,1-2H3,(H,27,31)(H,29,30)/t18-,21+,25+,26-/m0/s1. The molecular weight excluding hydrogens is 402 g/mol. The number of carbonyl (C=O) groups excluding carboxylic acids is 2. The molecule has 2 aromatic rings. The van der Waals surface area contributed by atoms with Crippen molar-refractivity contribution in [3.05, 3.63) is 59.7 Å². The Hall–Kier alpha value is -3.02. The summed E-state index contributed by atoms with van der Waals surface area (Å²) < 4.78 is 5.20. The van der Waals surface area contributed by atoms with Crippen LogP contribution in [0.15, 0.2) is 48.5 Å². The van der Waals surface area contributed by atoms with Crippen molar-refractivity contribution in [1.82, 2.24) is 10.6 Å². The van der Waals surface area contributed by atoms with E-state index >= 15 is 0 Å². The average molecular weight is 434 g/mol. The maximum absolute atomic E-state index is 13.2. The van der Waals surface area contributed by atoms with E-state index in [0.717, 1.165) is 43.5 Å². The number of methoxy groups -OCH3 is 1. The number of para-hydroxylation sites is 1. The highest BCUT2D eigenvalue weighted by molar-refractivity contribution is 6.02. The third-order valence-corrected chi connectivity index (χ3v) is 7.86. The number of rotatable bonds is 5. The molecule has 0 aromatic heterocycles. The molecule has 2 bridgehead atoms.